The molecule has 0 unspecified atom stereocenters. The quantitative estimate of drug-likeness (QED) is 0.632. The Bertz CT molecular complexity index is 123. The van der Waals surface area contributed by atoms with Crippen LogP contribution >= 0.6 is 0 Å². The predicted octanol–water partition coefficient (Wildman–Crippen LogP) is 1.63. The minimum absolute atomic E-state index is 0.866. The average molecular weight is 170 g/mol. The third-order valence-electron chi connectivity index (χ3n) is 2.50. The van der Waals surface area contributed by atoms with Crippen LogP contribution in [0.4, 0.5) is 0 Å². The highest BCUT2D eigenvalue weighted by molar-refractivity contribution is 4.67. The van der Waals surface area contributed by atoms with Gasteiger partial charge in [-0.3, -0.25) is 9.80 Å². The standard InChI is InChI=1S/C10H22N2/c1-10(2)5-4-6-12-8-7-11(3)9-12/h10H,4-9H2,1-3H3. The number of likely N-dealkylation sites (N-methyl/N-ethyl adjacent to an activating group) is 1. The summed E-state index contributed by atoms with van der Waals surface area (Å²) in [5.74, 6) is 0.866. The highest BCUT2D eigenvalue weighted by Crippen LogP contribution is 2.07. The van der Waals surface area contributed by atoms with Gasteiger partial charge in [-0.05, 0) is 32.4 Å². The Morgan fingerprint density at radius 2 is 2.00 bits per heavy atom. The van der Waals surface area contributed by atoms with E-state index in [9.17, 15) is 0 Å². The highest BCUT2D eigenvalue weighted by atomic mass is 15.4. The van der Waals surface area contributed by atoms with E-state index in [1.807, 2.05) is 0 Å². The maximum absolute atomic E-state index is 2.54. The molecule has 12 heavy (non-hydrogen) atoms. The van der Waals surface area contributed by atoms with Gasteiger partial charge in [-0.1, -0.05) is 13.8 Å². The van der Waals surface area contributed by atoms with E-state index >= 15 is 0 Å². The first-order chi connectivity index (χ1) is 5.68. The van der Waals surface area contributed by atoms with Crippen molar-refractivity contribution >= 4 is 0 Å². The van der Waals surface area contributed by atoms with Crippen molar-refractivity contribution in [3.63, 3.8) is 0 Å². The zero-order valence-electron chi connectivity index (χ0n) is 8.71. The molecule has 1 rings (SSSR count). The van der Waals surface area contributed by atoms with Crippen molar-refractivity contribution < 1.29 is 0 Å². The van der Waals surface area contributed by atoms with E-state index in [2.05, 4.69) is 30.7 Å². The van der Waals surface area contributed by atoms with Crippen molar-refractivity contribution in [3.05, 3.63) is 0 Å². The second kappa shape index (κ2) is 4.83. The molecule has 0 aromatic heterocycles. The fraction of sp³-hybridized carbons (Fsp3) is 1.00. The summed E-state index contributed by atoms with van der Waals surface area (Å²) in [6, 6.07) is 0. The first kappa shape index (κ1) is 10.0. The molecule has 0 aromatic carbocycles. The van der Waals surface area contributed by atoms with Crippen LogP contribution in [0.5, 0.6) is 0 Å². The lowest BCUT2D eigenvalue weighted by Gasteiger charge is -2.15. The van der Waals surface area contributed by atoms with Crippen LogP contribution in [0.15, 0.2) is 0 Å². The summed E-state index contributed by atoms with van der Waals surface area (Å²) in [5, 5.41) is 0. The Balaban J connectivity index is 2.00. The smallest absolute Gasteiger partial charge is 0.0504 e. The van der Waals surface area contributed by atoms with Crippen molar-refractivity contribution in [3.8, 4) is 0 Å². The Morgan fingerprint density at radius 3 is 2.50 bits per heavy atom. The molecule has 0 N–H and O–H groups in total. The van der Waals surface area contributed by atoms with Crippen molar-refractivity contribution in [2.75, 3.05) is 33.4 Å². The van der Waals surface area contributed by atoms with Gasteiger partial charge in [-0.25, -0.2) is 0 Å². The summed E-state index contributed by atoms with van der Waals surface area (Å²) in [7, 11) is 2.20. The molecule has 72 valence electrons. The maximum atomic E-state index is 2.54. The molecule has 1 saturated heterocycles. The van der Waals surface area contributed by atoms with Crippen LogP contribution in [-0.4, -0.2) is 43.2 Å². The molecule has 1 fully saturated rings. The third kappa shape index (κ3) is 3.55. The molecule has 0 radical (unpaired) electrons. The molecular weight excluding hydrogens is 148 g/mol. The molecular formula is C10H22N2. The van der Waals surface area contributed by atoms with Gasteiger partial charge in [-0.15, -0.1) is 0 Å². The predicted molar refractivity (Wildman–Crippen MR) is 53.1 cm³/mol. The monoisotopic (exact) mass is 170 g/mol. The van der Waals surface area contributed by atoms with Crippen molar-refractivity contribution in [1.82, 2.24) is 9.80 Å². The van der Waals surface area contributed by atoms with E-state index in [-0.39, 0.29) is 0 Å². The number of rotatable bonds is 4. The van der Waals surface area contributed by atoms with Crippen molar-refractivity contribution in [2.24, 2.45) is 5.92 Å². The zero-order valence-corrected chi connectivity index (χ0v) is 8.71. The summed E-state index contributed by atoms with van der Waals surface area (Å²) in [6.07, 6.45) is 2.74. The van der Waals surface area contributed by atoms with Gasteiger partial charge in [0.05, 0.1) is 6.67 Å². The van der Waals surface area contributed by atoms with Gasteiger partial charge in [0.25, 0.3) is 0 Å². The summed E-state index contributed by atoms with van der Waals surface area (Å²) >= 11 is 0. The number of hydrogen-bond acceptors (Lipinski definition) is 2. The van der Waals surface area contributed by atoms with Gasteiger partial charge in [0.2, 0.25) is 0 Å². The third-order valence-corrected chi connectivity index (χ3v) is 2.50. The summed E-state index contributed by atoms with van der Waals surface area (Å²) in [5.41, 5.74) is 0. The van der Waals surface area contributed by atoms with Crippen LogP contribution in [0.2, 0.25) is 0 Å². The number of nitrogens with zero attached hydrogens (tertiary/aromatic N) is 2. The molecule has 0 aromatic rings. The van der Waals surface area contributed by atoms with Crippen LogP contribution in [0.3, 0.4) is 0 Å². The fourth-order valence-corrected chi connectivity index (χ4v) is 1.70. The van der Waals surface area contributed by atoms with Gasteiger partial charge in [-0.2, -0.15) is 0 Å². The second-order valence-corrected chi connectivity index (χ2v) is 4.38. The summed E-state index contributed by atoms with van der Waals surface area (Å²) < 4.78 is 0. The Hall–Kier alpha value is -0.0800. The normalized spacial score (nSPS) is 21.0. The van der Waals surface area contributed by atoms with E-state index in [1.165, 1.54) is 39.1 Å². The largest absolute Gasteiger partial charge is 0.292 e. The molecule has 0 atom stereocenters. The summed E-state index contributed by atoms with van der Waals surface area (Å²) in [6.45, 7) is 9.60. The van der Waals surface area contributed by atoms with Crippen LogP contribution < -0.4 is 0 Å². The molecule has 0 bridgehead atoms. The molecule has 0 amide bonds. The Morgan fingerprint density at radius 1 is 1.25 bits per heavy atom. The minimum atomic E-state index is 0.866. The minimum Gasteiger partial charge on any atom is -0.292 e. The van der Waals surface area contributed by atoms with Gasteiger partial charge in [0.15, 0.2) is 0 Å². The van der Waals surface area contributed by atoms with Gasteiger partial charge >= 0.3 is 0 Å². The van der Waals surface area contributed by atoms with Crippen LogP contribution in [-0.2, 0) is 0 Å². The Kier molecular flexibility index (Phi) is 4.02. The SMILES string of the molecule is CC(C)CCCN1CCN(C)C1. The lowest BCUT2D eigenvalue weighted by Crippen LogP contribution is -2.24. The molecule has 1 aliphatic rings. The topological polar surface area (TPSA) is 6.48 Å². The van der Waals surface area contributed by atoms with E-state index in [1.54, 1.807) is 0 Å². The fourth-order valence-electron chi connectivity index (χ4n) is 1.70. The molecule has 2 nitrogen and oxygen atoms in total. The second-order valence-electron chi connectivity index (χ2n) is 4.38. The van der Waals surface area contributed by atoms with Crippen molar-refractivity contribution in [2.45, 2.75) is 26.7 Å². The van der Waals surface area contributed by atoms with Crippen LogP contribution in [0.1, 0.15) is 26.7 Å². The van der Waals surface area contributed by atoms with Crippen LogP contribution in [0.25, 0.3) is 0 Å². The lowest BCUT2D eigenvalue weighted by molar-refractivity contribution is 0.266. The van der Waals surface area contributed by atoms with Gasteiger partial charge in [0, 0.05) is 13.1 Å². The van der Waals surface area contributed by atoms with E-state index in [4.69, 9.17) is 0 Å². The van der Waals surface area contributed by atoms with E-state index in [0.717, 1.165) is 5.92 Å². The lowest BCUT2D eigenvalue weighted by atomic mass is 10.1. The van der Waals surface area contributed by atoms with Gasteiger partial charge in [0.1, 0.15) is 0 Å². The average Bonchev–Trinajstić information content (AvgIpc) is 2.35. The molecule has 1 aliphatic heterocycles. The molecule has 0 spiro atoms. The molecule has 2 heteroatoms. The first-order valence-corrected chi connectivity index (χ1v) is 5.09. The van der Waals surface area contributed by atoms with Crippen LogP contribution in [0, 0.1) is 5.92 Å². The van der Waals surface area contributed by atoms with E-state index < -0.39 is 0 Å². The zero-order chi connectivity index (χ0) is 8.97. The molecule has 1 heterocycles. The van der Waals surface area contributed by atoms with Crippen molar-refractivity contribution in [1.29, 1.82) is 0 Å². The summed E-state index contributed by atoms with van der Waals surface area (Å²) in [4.78, 5) is 4.93. The Labute approximate surface area is 76.5 Å². The molecule has 0 saturated carbocycles. The highest BCUT2D eigenvalue weighted by Gasteiger charge is 2.14. The van der Waals surface area contributed by atoms with E-state index in [0.29, 0.717) is 0 Å². The molecule has 0 aliphatic carbocycles. The maximum Gasteiger partial charge on any atom is 0.0504 e. The van der Waals surface area contributed by atoms with Gasteiger partial charge < -0.3 is 0 Å². The number of hydrogen-bond donors (Lipinski definition) is 0. The first-order valence-electron chi connectivity index (χ1n) is 5.09.